The van der Waals surface area contributed by atoms with Gasteiger partial charge in [-0.15, -0.1) is 0 Å². The Kier molecular flexibility index (Phi) is 2.71. The van der Waals surface area contributed by atoms with Crippen molar-refractivity contribution < 1.29 is 14.6 Å². The fraction of sp³-hybridized carbons (Fsp3) is 0.143. The van der Waals surface area contributed by atoms with E-state index in [1.807, 2.05) is 24.4 Å². The van der Waals surface area contributed by atoms with Gasteiger partial charge in [-0.1, -0.05) is 0 Å². The van der Waals surface area contributed by atoms with Crippen LogP contribution in [0.4, 0.5) is 0 Å². The lowest BCUT2D eigenvalue weighted by molar-refractivity contribution is 0.0689. The van der Waals surface area contributed by atoms with E-state index in [2.05, 4.69) is 10.1 Å². The number of rotatable bonds is 3. The number of hydrogen-bond acceptors (Lipinski definition) is 3. The third-order valence-electron chi connectivity index (χ3n) is 3.26. The summed E-state index contributed by atoms with van der Waals surface area (Å²) >= 11 is 0. The van der Waals surface area contributed by atoms with E-state index in [0.29, 0.717) is 0 Å². The van der Waals surface area contributed by atoms with Crippen LogP contribution in [0.3, 0.4) is 0 Å². The summed E-state index contributed by atoms with van der Waals surface area (Å²) in [5.41, 5.74) is 2.61. The number of benzene rings is 1. The molecule has 2 N–H and O–H groups in total. The Bertz CT molecular complexity index is 801. The van der Waals surface area contributed by atoms with Gasteiger partial charge in [-0.05, 0) is 24.3 Å². The van der Waals surface area contributed by atoms with Crippen molar-refractivity contribution in [1.82, 2.24) is 14.8 Å². The van der Waals surface area contributed by atoms with Crippen LogP contribution in [-0.4, -0.2) is 33.0 Å². The number of carbonyl (C=O) groups is 1. The summed E-state index contributed by atoms with van der Waals surface area (Å²) in [7, 11) is 3.33. The minimum Gasteiger partial charge on any atom is -0.497 e. The highest BCUT2D eigenvalue weighted by Crippen LogP contribution is 2.31. The molecule has 0 saturated heterocycles. The van der Waals surface area contributed by atoms with E-state index in [1.165, 1.54) is 0 Å². The molecule has 102 valence electrons. The van der Waals surface area contributed by atoms with Gasteiger partial charge in [0.25, 0.3) is 0 Å². The van der Waals surface area contributed by atoms with E-state index >= 15 is 0 Å². The number of nitrogens with one attached hydrogen (secondary N) is 1. The van der Waals surface area contributed by atoms with Crippen LogP contribution in [0.25, 0.3) is 22.2 Å². The van der Waals surface area contributed by atoms with Gasteiger partial charge in [0.15, 0.2) is 5.69 Å². The summed E-state index contributed by atoms with van der Waals surface area (Å²) in [6.07, 6.45) is 1.84. The van der Waals surface area contributed by atoms with Gasteiger partial charge in [-0.3, -0.25) is 4.68 Å². The van der Waals surface area contributed by atoms with Crippen molar-refractivity contribution in [3.05, 3.63) is 36.2 Å². The Morgan fingerprint density at radius 3 is 2.85 bits per heavy atom. The van der Waals surface area contributed by atoms with Crippen molar-refractivity contribution in [2.24, 2.45) is 7.05 Å². The molecule has 2 aromatic heterocycles. The lowest BCUT2D eigenvalue weighted by Crippen LogP contribution is -1.99. The smallest absolute Gasteiger partial charge is 0.356 e. The van der Waals surface area contributed by atoms with Gasteiger partial charge in [0, 0.05) is 29.7 Å². The summed E-state index contributed by atoms with van der Waals surface area (Å²) in [6.45, 7) is 0. The maximum absolute atomic E-state index is 11.0. The molecule has 0 aliphatic rings. The maximum atomic E-state index is 11.0. The molecule has 0 spiro atoms. The molecule has 20 heavy (non-hydrogen) atoms. The van der Waals surface area contributed by atoms with Crippen LogP contribution in [0.15, 0.2) is 30.5 Å². The molecule has 3 rings (SSSR count). The van der Waals surface area contributed by atoms with E-state index in [-0.39, 0.29) is 5.69 Å². The van der Waals surface area contributed by atoms with Crippen LogP contribution in [0.1, 0.15) is 10.5 Å². The van der Waals surface area contributed by atoms with E-state index in [0.717, 1.165) is 27.9 Å². The molecule has 0 fully saturated rings. The average molecular weight is 271 g/mol. The van der Waals surface area contributed by atoms with Gasteiger partial charge in [0.2, 0.25) is 0 Å². The zero-order chi connectivity index (χ0) is 14.3. The highest BCUT2D eigenvalue weighted by atomic mass is 16.5. The van der Waals surface area contributed by atoms with Crippen molar-refractivity contribution in [3.8, 4) is 17.0 Å². The lowest BCUT2D eigenvalue weighted by Gasteiger charge is -2.02. The second kappa shape index (κ2) is 4.41. The predicted molar refractivity (Wildman–Crippen MR) is 74.0 cm³/mol. The summed E-state index contributed by atoms with van der Waals surface area (Å²) in [6, 6.07) is 7.26. The zero-order valence-corrected chi connectivity index (χ0v) is 11.0. The number of hydrogen-bond donors (Lipinski definition) is 2. The molecule has 0 aliphatic heterocycles. The molecule has 6 heteroatoms. The van der Waals surface area contributed by atoms with E-state index < -0.39 is 5.97 Å². The highest BCUT2D eigenvalue weighted by Gasteiger charge is 2.15. The number of aromatic amines is 1. The second-order valence-corrected chi connectivity index (χ2v) is 4.46. The molecule has 0 amide bonds. The molecule has 0 bridgehead atoms. The quantitative estimate of drug-likeness (QED) is 0.765. The van der Waals surface area contributed by atoms with Crippen LogP contribution >= 0.6 is 0 Å². The molecule has 0 radical (unpaired) electrons. The molecule has 6 nitrogen and oxygen atoms in total. The molecule has 0 atom stereocenters. The number of fused-ring (bicyclic) bond motifs is 1. The van der Waals surface area contributed by atoms with Gasteiger partial charge < -0.3 is 14.8 Å². The monoisotopic (exact) mass is 271 g/mol. The highest BCUT2D eigenvalue weighted by molar-refractivity contribution is 5.97. The number of methoxy groups -OCH3 is 1. The number of aromatic carboxylic acids is 1. The number of carboxylic acid groups (broad SMARTS) is 1. The largest absolute Gasteiger partial charge is 0.497 e. The Morgan fingerprint density at radius 1 is 1.40 bits per heavy atom. The third kappa shape index (κ3) is 1.82. The Labute approximate surface area is 114 Å². The van der Waals surface area contributed by atoms with Crippen LogP contribution in [0, 0.1) is 0 Å². The third-order valence-corrected chi connectivity index (χ3v) is 3.26. The van der Waals surface area contributed by atoms with Crippen molar-refractivity contribution in [3.63, 3.8) is 0 Å². The van der Waals surface area contributed by atoms with Crippen molar-refractivity contribution in [2.75, 3.05) is 7.11 Å². The molecule has 0 aliphatic carbocycles. The minimum absolute atomic E-state index is 0.0275. The molecular weight excluding hydrogens is 258 g/mol. The fourth-order valence-electron chi connectivity index (χ4n) is 2.26. The molecule has 1 aromatic carbocycles. The van der Waals surface area contributed by atoms with Gasteiger partial charge in [0.05, 0.1) is 12.8 Å². The second-order valence-electron chi connectivity index (χ2n) is 4.46. The zero-order valence-electron chi connectivity index (χ0n) is 11.0. The lowest BCUT2D eigenvalue weighted by atomic mass is 10.1. The first-order valence-corrected chi connectivity index (χ1v) is 6.03. The van der Waals surface area contributed by atoms with E-state index in [4.69, 9.17) is 9.84 Å². The molecule has 0 saturated carbocycles. The van der Waals surface area contributed by atoms with Crippen LogP contribution in [-0.2, 0) is 7.05 Å². The standard InChI is InChI=1S/C14H13N3O3/c1-17-13(6-12(16-17)14(18)19)10-7-15-11-4-3-8(20-2)5-9(10)11/h3-7,15H,1-2H3,(H,18,19). The molecule has 0 unspecified atom stereocenters. The van der Waals surface area contributed by atoms with Crippen LogP contribution < -0.4 is 4.74 Å². The average Bonchev–Trinajstić information content (AvgIpc) is 3.01. The van der Waals surface area contributed by atoms with Crippen molar-refractivity contribution in [1.29, 1.82) is 0 Å². The Balaban J connectivity index is 2.21. The first kappa shape index (κ1) is 12.3. The maximum Gasteiger partial charge on any atom is 0.356 e. The van der Waals surface area contributed by atoms with Crippen molar-refractivity contribution in [2.45, 2.75) is 0 Å². The van der Waals surface area contributed by atoms with Gasteiger partial charge >= 0.3 is 5.97 Å². The fourth-order valence-corrected chi connectivity index (χ4v) is 2.26. The number of nitrogens with zero attached hydrogens (tertiary/aromatic N) is 2. The molecule has 2 heterocycles. The van der Waals surface area contributed by atoms with Crippen LogP contribution in [0.2, 0.25) is 0 Å². The minimum atomic E-state index is -1.04. The Hall–Kier alpha value is -2.76. The van der Waals surface area contributed by atoms with Crippen molar-refractivity contribution >= 4 is 16.9 Å². The first-order chi connectivity index (χ1) is 9.60. The van der Waals surface area contributed by atoms with Crippen LogP contribution in [0.5, 0.6) is 5.75 Å². The number of aryl methyl sites for hydroxylation is 1. The summed E-state index contributed by atoms with van der Waals surface area (Å²) < 4.78 is 6.79. The number of H-pyrrole nitrogens is 1. The Morgan fingerprint density at radius 2 is 2.20 bits per heavy atom. The number of carboxylic acids is 1. The summed E-state index contributed by atoms with van der Waals surface area (Å²) in [5, 5.41) is 14.0. The molecular formula is C14H13N3O3. The summed E-state index contributed by atoms with van der Waals surface area (Å²) in [4.78, 5) is 14.2. The first-order valence-electron chi connectivity index (χ1n) is 6.03. The summed E-state index contributed by atoms with van der Waals surface area (Å²) in [5.74, 6) is -0.289. The number of ether oxygens (including phenoxy) is 1. The van der Waals surface area contributed by atoms with Gasteiger partial charge in [0.1, 0.15) is 5.75 Å². The van der Waals surface area contributed by atoms with Gasteiger partial charge in [-0.25, -0.2) is 4.79 Å². The predicted octanol–water partition coefficient (Wildman–Crippen LogP) is 2.28. The van der Waals surface area contributed by atoms with Gasteiger partial charge in [-0.2, -0.15) is 5.10 Å². The SMILES string of the molecule is COc1ccc2[nH]cc(-c3cc(C(=O)O)nn3C)c2c1. The topological polar surface area (TPSA) is 80.1 Å². The van der Waals surface area contributed by atoms with E-state index in [1.54, 1.807) is 24.9 Å². The number of aromatic nitrogens is 3. The van der Waals surface area contributed by atoms with E-state index in [9.17, 15) is 4.79 Å². The molecule has 3 aromatic rings. The normalized spacial score (nSPS) is 10.9.